The van der Waals surface area contributed by atoms with Crippen molar-refractivity contribution in [1.82, 2.24) is 20.2 Å². The molecular weight excluding hydrogens is 488 g/mol. The highest BCUT2D eigenvalue weighted by molar-refractivity contribution is 7.15. The van der Waals surface area contributed by atoms with Crippen molar-refractivity contribution in [3.8, 4) is 5.75 Å². The number of hydrogen-bond donors (Lipinski definition) is 1. The fraction of sp³-hybridized carbons (Fsp3) is 0.385. The molecule has 1 N–H and O–H groups in total. The molecule has 4 rings (SSSR count). The summed E-state index contributed by atoms with van der Waals surface area (Å²) in [6.07, 6.45) is 1.81. The standard InChI is InChI=1S/C26H34N6O2SSi/c1-18(2)25-30-31-26(35-25)29-23-12-11-21-24(28-23)22(13-14-27-21)32(17-34-15-16-36(4,5)6)19-7-9-20(33-3)10-8-19/h7-14,18H,15-17H2,1-6H3,(H,28,29,31). The molecule has 0 saturated heterocycles. The minimum atomic E-state index is -1.19. The van der Waals surface area contributed by atoms with E-state index in [0.717, 1.165) is 50.9 Å². The first-order valence-electron chi connectivity index (χ1n) is 12.1. The van der Waals surface area contributed by atoms with Gasteiger partial charge >= 0.3 is 0 Å². The Hall–Kier alpha value is -3.08. The maximum atomic E-state index is 6.19. The van der Waals surface area contributed by atoms with E-state index in [1.807, 2.05) is 48.7 Å². The van der Waals surface area contributed by atoms with Gasteiger partial charge in [0.25, 0.3) is 0 Å². The summed E-state index contributed by atoms with van der Waals surface area (Å²) < 4.78 is 11.5. The summed E-state index contributed by atoms with van der Waals surface area (Å²) >= 11 is 1.54. The van der Waals surface area contributed by atoms with Gasteiger partial charge in [0, 0.05) is 32.5 Å². The van der Waals surface area contributed by atoms with Gasteiger partial charge in [-0.1, -0.05) is 44.8 Å². The van der Waals surface area contributed by atoms with E-state index >= 15 is 0 Å². The molecular formula is C26H34N6O2SSi. The number of fused-ring (bicyclic) bond motifs is 1. The zero-order chi connectivity index (χ0) is 25.7. The highest BCUT2D eigenvalue weighted by Gasteiger charge is 2.18. The maximum Gasteiger partial charge on any atom is 0.211 e. The number of ether oxygens (including phenoxy) is 2. The molecule has 8 nitrogen and oxygen atoms in total. The molecule has 0 aliphatic carbocycles. The first-order valence-corrected chi connectivity index (χ1v) is 16.6. The third kappa shape index (κ3) is 6.57. The molecule has 0 unspecified atom stereocenters. The number of pyridine rings is 2. The van der Waals surface area contributed by atoms with Crippen LogP contribution in [0.5, 0.6) is 5.75 Å². The van der Waals surface area contributed by atoms with Gasteiger partial charge in [-0.05, 0) is 48.5 Å². The summed E-state index contributed by atoms with van der Waals surface area (Å²) in [7, 11) is 0.475. The van der Waals surface area contributed by atoms with Gasteiger partial charge in [0.2, 0.25) is 5.13 Å². The van der Waals surface area contributed by atoms with Gasteiger partial charge in [0.1, 0.15) is 28.8 Å². The Labute approximate surface area is 217 Å². The third-order valence-electron chi connectivity index (χ3n) is 5.62. The number of rotatable bonds is 11. The van der Waals surface area contributed by atoms with Crippen LogP contribution < -0.4 is 15.0 Å². The van der Waals surface area contributed by atoms with Crippen molar-refractivity contribution in [2.24, 2.45) is 0 Å². The van der Waals surface area contributed by atoms with Crippen molar-refractivity contribution in [3.63, 3.8) is 0 Å². The van der Waals surface area contributed by atoms with Crippen molar-refractivity contribution in [2.45, 2.75) is 45.5 Å². The minimum Gasteiger partial charge on any atom is -0.497 e. The molecule has 0 saturated carbocycles. The number of methoxy groups -OCH3 is 1. The largest absolute Gasteiger partial charge is 0.497 e. The van der Waals surface area contributed by atoms with E-state index < -0.39 is 8.07 Å². The molecule has 0 amide bonds. The first-order chi connectivity index (χ1) is 17.2. The molecule has 1 aromatic carbocycles. The molecule has 0 fully saturated rings. The number of benzene rings is 1. The van der Waals surface area contributed by atoms with Gasteiger partial charge in [0.05, 0.1) is 18.3 Å². The minimum absolute atomic E-state index is 0.331. The second-order valence-corrected chi connectivity index (χ2v) is 16.7. The second-order valence-electron chi connectivity index (χ2n) is 10.1. The molecule has 190 valence electrons. The van der Waals surface area contributed by atoms with Crippen LogP contribution in [0.3, 0.4) is 0 Å². The van der Waals surface area contributed by atoms with Crippen LogP contribution in [0.25, 0.3) is 11.0 Å². The van der Waals surface area contributed by atoms with Gasteiger partial charge in [0.15, 0.2) is 0 Å². The van der Waals surface area contributed by atoms with Crippen molar-refractivity contribution in [3.05, 3.63) is 53.7 Å². The van der Waals surface area contributed by atoms with Crippen molar-refractivity contribution >= 4 is 52.8 Å². The number of nitrogens with one attached hydrogen (secondary N) is 1. The third-order valence-corrected chi connectivity index (χ3v) is 8.47. The lowest BCUT2D eigenvalue weighted by Gasteiger charge is -2.26. The Morgan fingerprint density at radius 2 is 1.81 bits per heavy atom. The van der Waals surface area contributed by atoms with Gasteiger partial charge in [-0.3, -0.25) is 4.98 Å². The fourth-order valence-corrected chi connectivity index (χ4v) is 5.02. The van der Waals surface area contributed by atoms with Gasteiger partial charge in [-0.25, -0.2) is 4.98 Å². The number of aromatic nitrogens is 4. The van der Waals surface area contributed by atoms with E-state index in [-0.39, 0.29) is 0 Å². The molecule has 4 aromatic rings. The predicted molar refractivity (Wildman–Crippen MR) is 151 cm³/mol. The van der Waals surface area contributed by atoms with Crippen LogP contribution in [-0.2, 0) is 4.74 Å². The average molecular weight is 523 g/mol. The second kappa shape index (κ2) is 11.3. The molecule has 0 spiro atoms. The lowest BCUT2D eigenvalue weighted by Crippen LogP contribution is -2.25. The van der Waals surface area contributed by atoms with Gasteiger partial charge < -0.3 is 19.7 Å². The maximum absolute atomic E-state index is 6.19. The Kier molecular flexibility index (Phi) is 8.17. The predicted octanol–water partition coefficient (Wildman–Crippen LogP) is 6.81. The molecule has 0 radical (unpaired) electrons. The quantitative estimate of drug-likeness (QED) is 0.131. The Balaban J connectivity index is 1.67. The van der Waals surface area contributed by atoms with Crippen LogP contribution in [0.4, 0.5) is 22.3 Å². The molecule has 0 atom stereocenters. The van der Waals surface area contributed by atoms with Crippen LogP contribution in [0.2, 0.25) is 25.7 Å². The summed E-state index contributed by atoms with van der Waals surface area (Å²) in [4.78, 5) is 11.6. The summed E-state index contributed by atoms with van der Waals surface area (Å²) in [6.45, 7) is 12.4. The van der Waals surface area contributed by atoms with Crippen LogP contribution in [0, 0.1) is 0 Å². The fourth-order valence-electron chi connectivity index (χ4n) is 3.51. The van der Waals surface area contributed by atoms with E-state index in [4.69, 9.17) is 14.5 Å². The van der Waals surface area contributed by atoms with Gasteiger partial charge in [-0.2, -0.15) is 0 Å². The van der Waals surface area contributed by atoms with E-state index in [9.17, 15) is 0 Å². The molecule has 0 aliphatic heterocycles. The number of anilines is 4. The van der Waals surface area contributed by atoms with Crippen LogP contribution >= 0.6 is 11.3 Å². The summed E-state index contributed by atoms with van der Waals surface area (Å²) in [5.41, 5.74) is 3.49. The molecule has 3 heterocycles. The molecule has 3 aromatic heterocycles. The molecule has 0 bridgehead atoms. The first kappa shape index (κ1) is 26.0. The van der Waals surface area contributed by atoms with E-state index in [0.29, 0.717) is 18.5 Å². The van der Waals surface area contributed by atoms with E-state index in [1.165, 1.54) is 11.3 Å². The number of nitrogens with zero attached hydrogens (tertiary/aromatic N) is 5. The summed E-state index contributed by atoms with van der Waals surface area (Å²) in [6, 6.07) is 14.9. The van der Waals surface area contributed by atoms with E-state index in [1.54, 1.807) is 7.11 Å². The zero-order valence-electron chi connectivity index (χ0n) is 21.8. The van der Waals surface area contributed by atoms with Crippen LogP contribution in [-0.4, -0.2) is 48.7 Å². The van der Waals surface area contributed by atoms with Crippen molar-refractivity contribution < 1.29 is 9.47 Å². The highest BCUT2D eigenvalue weighted by atomic mass is 32.1. The normalized spacial score (nSPS) is 11.8. The van der Waals surface area contributed by atoms with Gasteiger partial charge in [-0.15, -0.1) is 10.2 Å². The average Bonchev–Trinajstić information content (AvgIpc) is 3.32. The summed E-state index contributed by atoms with van der Waals surface area (Å²) in [5.74, 6) is 1.83. The number of hydrogen-bond acceptors (Lipinski definition) is 9. The molecule has 0 aliphatic rings. The molecule has 36 heavy (non-hydrogen) atoms. The van der Waals surface area contributed by atoms with E-state index in [2.05, 4.69) is 58.9 Å². The Bertz CT molecular complexity index is 1290. The van der Waals surface area contributed by atoms with Crippen LogP contribution in [0.1, 0.15) is 24.8 Å². The SMILES string of the molecule is COc1ccc(N(COCC[Si](C)(C)C)c2ccnc3ccc(Nc4nnc(C(C)C)s4)nc23)cc1. The summed E-state index contributed by atoms with van der Waals surface area (Å²) in [5, 5.41) is 13.5. The Morgan fingerprint density at radius 3 is 2.47 bits per heavy atom. The topological polar surface area (TPSA) is 85.3 Å². The van der Waals surface area contributed by atoms with Crippen molar-refractivity contribution in [2.75, 3.05) is 30.7 Å². The molecule has 10 heteroatoms. The monoisotopic (exact) mass is 522 g/mol. The highest BCUT2D eigenvalue weighted by Crippen LogP contribution is 2.33. The lowest BCUT2D eigenvalue weighted by molar-refractivity contribution is 0.153. The zero-order valence-corrected chi connectivity index (χ0v) is 23.6. The van der Waals surface area contributed by atoms with Crippen molar-refractivity contribution in [1.29, 1.82) is 0 Å². The smallest absolute Gasteiger partial charge is 0.211 e. The lowest BCUT2D eigenvalue weighted by atomic mass is 10.2. The Morgan fingerprint density at radius 1 is 1.03 bits per heavy atom. The van der Waals surface area contributed by atoms with Crippen LogP contribution in [0.15, 0.2) is 48.7 Å².